The Balaban J connectivity index is 1.65. The zero-order valence-electron chi connectivity index (χ0n) is 14.3. The maximum atomic E-state index is 10.6. The summed E-state index contributed by atoms with van der Waals surface area (Å²) in [6.07, 6.45) is 3.51. The molecule has 4 nitrogen and oxygen atoms in total. The lowest BCUT2D eigenvalue weighted by atomic mass is 10.1. The van der Waals surface area contributed by atoms with E-state index in [2.05, 4.69) is 4.98 Å². The van der Waals surface area contributed by atoms with Gasteiger partial charge in [0.25, 0.3) is 0 Å². The number of aliphatic hydroxyl groups excluding tert-OH is 1. The normalized spacial score (nSPS) is 12.2. The van der Waals surface area contributed by atoms with Crippen LogP contribution in [0.4, 0.5) is 0 Å². The van der Waals surface area contributed by atoms with Gasteiger partial charge in [0.2, 0.25) is 0 Å². The molecule has 1 unspecified atom stereocenters. The van der Waals surface area contributed by atoms with Crippen molar-refractivity contribution in [1.29, 1.82) is 0 Å². The Hall–Kier alpha value is -3.11. The predicted octanol–water partition coefficient (Wildman–Crippen LogP) is 4.41. The topological polar surface area (TPSA) is 51.2 Å². The summed E-state index contributed by atoms with van der Waals surface area (Å²) in [6.45, 7) is 0.449. The predicted molar refractivity (Wildman–Crippen MR) is 102 cm³/mol. The van der Waals surface area contributed by atoms with Crippen molar-refractivity contribution in [2.24, 2.45) is 0 Å². The summed E-state index contributed by atoms with van der Waals surface area (Å²) in [5.74, 6) is 0.744. The van der Waals surface area contributed by atoms with Crippen LogP contribution in [-0.4, -0.2) is 20.8 Å². The van der Waals surface area contributed by atoms with Crippen LogP contribution in [0.25, 0.3) is 22.7 Å². The summed E-state index contributed by atoms with van der Waals surface area (Å²) in [7, 11) is 0. The van der Waals surface area contributed by atoms with Crippen LogP contribution in [0.5, 0.6) is 0 Å². The van der Waals surface area contributed by atoms with Gasteiger partial charge in [0, 0.05) is 12.0 Å². The van der Waals surface area contributed by atoms with Crippen LogP contribution in [-0.2, 0) is 13.0 Å². The molecule has 0 aliphatic carbocycles. The molecule has 0 spiro atoms. The van der Waals surface area contributed by atoms with Gasteiger partial charge in [0.15, 0.2) is 5.76 Å². The number of imidazole rings is 1. The van der Waals surface area contributed by atoms with E-state index in [1.165, 1.54) is 0 Å². The van der Waals surface area contributed by atoms with E-state index in [0.717, 1.165) is 28.3 Å². The van der Waals surface area contributed by atoms with Gasteiger partial charge >= 0.3 is 0 Å². The molecule has 1 N–H and O–H groups in total. The molecular formula is C22H20N2O2. The van der Waals surface area contributed by atoms with Crippen LogP contribution >= 0.6 is 0 Å². The molecule has 2 heterocycles. The first-order chi connectivity index (χ1) is 12.8. The molecule has 1 atom stereocenters. The van der Waals surface area contributed by atoms with E-state index in [1.54, 1.807) is 12.6 Å². The zero-order chi connectivity index (χ0) is 17.8. The zero-order valence-corrected chi connectivity index (χ0v) is 14.3. The summed E-state index contributed by atoms with van der Waals surface area (Å²) >= 11 is 0. The third kappa shape index (κ3) is 3.46. The number of hydrogen-bond acceptors (Lipinski definition) is 3. The Kier molecular flexibility index (Phi) is 4.67. The first-order valence-electron chi connectivity index (χ1n) is 8.67. The second-order valence-corrected chi connectivity index (χ2v) is 6.28. The molecule has 0 saturated heterocycles. The molecular weight excluding hydrogens is 324 g/mol. The van der Waals surface area contributed by atoms with Gasteiger partial charge in [-0.15, -0.1) is 0 Å². The largest absolute Gasteiger partial charge is 0.463 e. The molecule has 2 aromatic carbocycles. The molecule has 4 aromatic rings. The number of hydrogen-bond donors (Lipinski definition) is 1. The average Bonchev–Trinajstić information content (AvgIpc) is 3.32. The summed E-state index contributed by atoms with van der Waals surface area (Å²) in [5.41, 5.74) is 3.87. The lowest BCUT2D eigenvalue weighted by Gasteiger charge is -2.14. The quantitative estimate of drug-likeness (QED) is 0.563. The Morgan fingerprint density at radius 3 is 2.35 bits per heavy atom. The van der Waals surface area contributed by atoms with Crippen molar-refractivity contribution in [2.75, 3.05) is 0 Å². The van der Waals surface area contributed by atoms with Gasteiger partial charge in [0.1, 0.15) is 5.69 Å². The highest BCUT2D eigenvalue weighted by atomic mass is 16.3. The molecule has 0 fully saturated rings. The minimum absolute atomic E-state index is 0.449. The number of benzene rings is 2. The number of rotatable bonds is 6. The molecule has 0 bridgehead atoms. The number of furan rings is 1. The second-order valence-electron chi connectivity index (χ2n) is 6.28. The van der Waals surface area contributed by atoms with Crippen molar-refractivity contribution in [3.63, 3.8) is 0 Å². The minimum atomic E-state index is -0.510. The fraction of sp³-hybridized carbons (Fsp3) is 0.136. The number of aromatic nitrogens is 2. The van der Waals surface area contributed by atoms with Crippen LogP contribution in [0.1, 0.15) is 5.56 Å². The van der Waals surface area contributed by atoms with Gasteiger partial charge in [0.05, 0.1) is 30.9 Å². The van der Waals surface area contributed by atoms with Crippen LogP contribution in [0.15, 0.2) is 89.8 Å². The molecule has 26 heavy (non-hydrogen) atoms. The van der Waals surface area contributed by atoms with E-state index in [4.69, 9.17) is 4.42 Å². The molecule has 130 valence electrons. The number of nitrogens with zero attached hydrogens (tertiary/aromatic N) is 2. The van der Waals surface area contributed by atoms with E-state index < -0.39 is 6.10 Å². The van der Waals surface area contributed by atoms with Gasteiger partial charge in [-0.2, -0.15) is 0 Å². The van der Waals surface area contributed by atoms with Crippen LogP contribution in [0.3, 0.4) is 0 Å². The van der Waals surface area contributed by atoms with Crippen LogP contribution in [0, 0.1) is 0 Å². The third-order valence-electron chi connectivity index (χ3n) is 4.36. The first kappa shape index (κ1) is 16.4. The summed E-state index contributed by atoms with van der Waals surface area (Å²) in [5, 5.41) is 10.6. The summed E-state index contributed by atoms with van der Waals surface area (Å²) in [4.78, 5) is 4.59. The van der Waals surface area contributed by atoms with Crippen molar-refractivity contribution < 1.29 is 9.52 Å². The lowest BCUT2D eigenvalue weighted by molar-refractivity contribution is 0.154. The minimum Gasteiger partial charge on any atom is -0.463 e. The highest BCUT2D eigenvalue weighted by Crippen LogP contribution is 2.31. The highest BCUT2D eigenvalue weighted by molar-refractivity contribution is 5.76. The van der Waals surface area contributed by atoms with Crippen molar-refractivity contribution in [2.45, 2.75) is 19.1 Å². The van der Waals surface area contributed by atoms with Gasteiger partial charge in [-0.25, -0.2) is 4.98 Å². The van der Waals surface area contributed by atoms with Gasteiger partial charge in [-0.1, -0.05) is 60.7 Å². The second kappa shape index (κ2) is 7.42. The fourth-order valence-electron chi connectivity index (χ4n) is 3.18. The molecule has 0 aliphatic rings. The Morgan fingerprint density at radius 1 is 0.923 bits per heavy atom. The smallest absolute Gasteiger partial charge is 0.152 e. The number of aliphatic hydroxyl groups is 1. The monoisotopic (exact) mass is 344 g/mol. The average molecular weight is 344 g/mol. The van der Waals surface area contributed by atoms with Gasteiger partial charge < -0.3 is 14.1 Å². The molecule has 0 radical (unpaired) electrons. The molecule has 4 heteroatoms. The van der Waals surface area contributed by atoms with Crippen LogP contribution < -0.4 is 0 Å². The Morgan fingerprint density at radius 2 is 1.65 bits per heavy atom. The Labute approximate surface area is 152 Å². The van der Waals surface area contributed by atoms with Crippen LogP contribution in [0.2, 0.25) is 0 Å². The molecule has 0 saturated carbocycles. The molecule has 4 rings (SSSR count). The molecule has 0 aliphatic heterocycles. The van der Waals surface area contributed by atoms with Gasteiger partial charge in [-0.3, -0.25) is 0 Å². The summed E-state index contributed by atoms with van der Waals surface area (Å²) in [6, 6.07) is 23.8. The van der Waals surface area contributed by atoms with E-state index in [0.29, 0.717) is 13.0 Å². The third-order valence-corrected chi connectivity index (χ3v) is 4.36. The van der Waals surface area contributed by atoms with E-state index >= 15 is 0 Å². The Bertz CT molecular complexity index is 945. The summed E-state index contributed by atoms with van der Waals surface area (Å²) < 4.78 is 7.61. The molecule has 2 aromatic heterocycles. The van der Waals surface area contributed by atoms with Crippen molar-refractivity contribution in [3.8, 4) is 22.7 Å². The first-order valence-corrected chi connectivity index (χ1v) is 8.67. The standard InChI is InChI=1S/C22H20N2O2/c25-19(14-17-8-3-1-4-9-17)15-24-16-23-21(18-10-5-2-6-11-18)22(24)20-12-7-13-26-20/h1-13,16,19,25H,14-15H2. The van der Waals surface area contributed by atoms with Gasteiger partial charge in [-0.05, 0) is 17.7 Å². The highest BCUT2D eigenvalue weighted by Gasteiger charge is 2.19. The fourth-order valence-corrected chi connectivity index (χ4v) is 3.18. The van der Waals surface area contributed by atoms with E-state index in [-0.39, 0.29) is 0 Å². The maximum absolute atomic E-state index is 10.6. The molecule has 0 amide bonds. The van der Waals surface area contributed by atoms with Crippen molar-refractivity contribution in [3.05, 3.63) is 91.0 Å². The van der Waals surface area contributed by atoms with E-state index in [1.807, 2.05) is 77.4 Å². The van der Waals surface area contributed by atoms with Crippen molar-refractivity contribution >= 4 is 0 Å². The van der Waals surface area contributed by atoms with E-state index in [9.17, 15) is 5.11 Å². The lowest BCUT2D eigenvalue weighted by Crippen LogP contribution is -2.18. The SMILES string of the molecule is OC(Cc1ccccc1)Cn1cnc(-c2ccccc2)c1-c1ccco1. The maximum Gasteiger partial charge on any atom is 0.152 e. The van der Waals surface area contributed by atoms with Crippen molar-refractivity contribution in [1.82, 2.24) is 9.55 Å².